The molecule has 0 saturated heterocycles. The lowest BCUT2D eigenvalue weighted by Crippen LogP contribution is -2.30. The maximum atomic E-state index is 12.8. The van der Waals surface area contributed by atoms with Crippen LogP contribution in [0.1, 0.15) is 278 Å². The Labute approximate surface area is 462 Å². The van der Waals surface area contributed by atoms with Crippen LogP contribution in [0, 0.1) is 0 Å². The fraction of sp³-hybridized carbons (Fsp3) is 0.667. The Kier molecular flexibility index (Phi) is 58.9. The van der Waals surface area contributed by atoms with E-state index in [4.69, 9.17) is 14.2 Å². The Bertz CT molecular complexity index is 1570. The SMILES string of the molecule is CC/C=C\C/C=C\C/C=C\C/C=C\C/C=C\C/C=C\C/C=C\C/C=C\CCCCCCCCCCC(=O)OCC(COC(=O)CCCCCCC)OC(=O)CCCCCCCCCCC/C=C\C/C=C\CCCCC. The zero-order valence-electron chi connectivity index (χ0n) is 48.8. The van der Waals surface area contributed by atoms with Crippen molar-refractivity contribution in [1.82, 2.24) is 0 Å². The van der Waals surface area contributed by atoms with Crippen LogP contribution in [0.2, 0.25) is 0 Å². The van der Waals surface area contributed by atoms with E-state index in [9.17, 15) is 14.4 Å². The summed E-state index contributed by atoms with van der Waals surface area (Å²) in [6.07, 6.45) is 86.7. The van der Waals surface area contributed by atoms with E-state index >= 15 is 0 Å². The highest BCUT2D eigenvalue weighted by Crippen LogP contribution is 2.15. The molecule has 6 heteroatoms. The molecular weight excluding hydrogens is 925 g/mol. The Morgan fingerprint density at radius 2 is 0.520 bits per heavy atom. The number of hydrogen-bond donors (Lipinski definition) is 0. The first-order valence-corrected chi connectivity index (χ1v) is 31.0. The predicted octanol–water partition coefficient (Wildman–Crippen LogP) is 21.2. The lowest BCUT2D eigenvalue weighted by Gasteiger charge is -2.18. The van der Waals surface area contributed by atoms with Crippen LogP contribution in [0.5, 0.6) is 0 Å². The lowest BCUT2D eigenvalue weighted by atomic mass is 10.1. The highest BCUT2D eigenvalue weighted by atomic mass is 16.6. The van der Waals surface area contributed by atoms with Gasteiger partial charge in [0.2, 0.25) is 0 Å². The average Bonchev–Trinajstić information content (AvgIpc) is 3.41. The van der Waals surface area contributed by atoms with Gasteiger partial charge in [0, 0.05) is 19.3 Å². The third-order valence-corrected chi connectivity index (χ3v) is 13.0. The van der Waals surface area contributed by atoms with E-state index in [1.54, 1.807) is 0 Å². The van der Waals surface area contributed by atoms with Crippen molar-refractivity contribution in [3.63, 3.8) is 0 Å². The summed E-state index contributed by atoms with van der Waals surface area (Å²) >= 11 is 0. The molecule has 1 unspecified atom stereocenters. The van der Waals surface area contributed by atoms with Crippen molar-refractivity contribution in [2.24, 2.45) is 0 Å². The number of unbranched alkanes of at least 4 members (excludes halogenated alkanes) is 24. The number of esters is 3. The molecule has 426 valence electrons. The van der Waals surface area contributed by atoms with E-state index in [1.165, 1.54) is 109 Å². The monoisotopic (exact) mass is 1040 g/mol. The number of carbonyl (C=O) groups is 3. The first-order valence-electron chi connectivity index (χ1n) is 31.0. The molecular formula is C69H114O6. The van der Waals surface area contributed by atoms with Crippen molar-refractivity contribution >= 4 is 17.9 Å². The smallest absolute Gasteiger partial charge is 0.306 e. The number of carbonyl (C=O) groups excluding carboxylic acids is 3. The minimum Gasteiger partial charge on any atom is -0.462 e. The second-order valence-electron chi connectivity index (χ2n) is 20.2. The largest absolute Gasteiger partial charge is 0.462 e. The van der Waals surface area contributed by atoms with Gasteiger partial charge in [0.25, 0.3) is 0 Å². The van der Waals surface area contributed by atoms with Crippen molar-refractivity contribution in [2.45, 2.75) is 284 Å². The predicted molar refractivity (Wildman–Crippen MR) is 325 cm³/mol. The number of hydrogen-bond acceptors (Lipinski definition) is 6. The number of rotatable bonds is 55. The molecule has 0 aromatic carbocycles. The van der Waals surface area contributed by atoms with E-state index in [-0.39, 0.29) is 31.1 Å². The van der Waals surface area contributed by atoms with Gasteiger partial charge in [-0.15, -0.1) is 0 Å². The van der Waals surface area contributed by atoms with Crippen LogP contribution in [-0.4, -0.2) is 37.2 Å². The molecule has 1 atom stereocenters. The summed E-state index contributed by atoms with van der Waals surface area (Å²) in [6.45, 7) is 6.41. The maximum absolute atomic E-state index is 12.8. The lowest BCUT2D eigenvalue weighted by molar-refractivity contribution is -0.167. The summed E-state index contributed by atoms with van der Waals surface area (Å²) in [6, 6.07) is 0. The molecule has 0 rings (SSSR count). The molecule has 0 fully saturated rings. The van der Waals surface area contributed by atoms with Gasteiger partial charge in [-0.3, -0.25) is 14.4 Å². The zero-order chi connectivity index (χ0) is 54.3. The molecule has 0 bridgehead atoms. The summed E-state index contributed by atoms with van der Waals surface area (Å²) in [7, 11) is 0. The van der Waals surface area contributed by atoms with Gasteiger partial charge in [0.15, 0.2) is 6.10 Å². The zero-order valence-corrected chi connectivity index (χ0v) is 48.8. The minimum absolute atomic E-state index is 0.0837. The van der Waals surface area contributed by atoms with Gasteiger partial charge in [-0.05, 0) is 116 Å². The molecule has 0 aliphatic heterocycles. The molecule has 0 aromatic heterocycles. The van der Waals surface area contributed by atoms with Gasteiger partial charge in [-0.25, -0.2) is 0 Å². The van der Waals surface area contributed by atoms with Crippen molar-refractivity contribution in [3.8, 4) is 0 Å². The van der Waals surface area contributed by atoms with Gasteiger partial charge in [-0.2, -0.15) is 0 Å². The van der Waals surface area contributed by atoms with Gasteiger partial charge in [-0.1, -0.05) is 264 Å². The minimum atomic E-state index is -0.782. The van der Waals surface area contributed by atoms with Crippen LogP contribution in [0.3, 0.4) is 0 Å². The van der Waals surface area contributed by atoms with Crippen LogP contribution in [0.4, 0.5) is 0 Å². The van der Waals surface area contributed by atoms with Crippen LogP contribution in [0.15, 0.2) is 122 Å². The van der Waals surface area contributed by atoms with E-state index in [0.29, 0.717) is 19.3 Å². The first-order chi connectivity index (χ1) is 37.0. The third-order valence-electron chi connectivity index (χ3n) is 13.0. The fourth-order valence-corrected chi connectivity index (χ4v) is 8.31. The highest BCUT2D eigenvalue weighted by Gasteiger charge is 2.19. The molecule has 75 heavy (non-hydrogen) atoms. The highest BCUT2D eigenvalue weighted by molar-refractivity contribution is 5.71. The summed E-state index contributed by atoms with van der Waals surface area (Å²) in [5.41, 5.74) is 0. The molecule has 0 heterocycles. The van der Waals surface area contributed by atoms with E-state index < -0.39 is 6.10 Å². The maximum Gasteiger partial charge on any atom is 0.306 e. The Balaban J connectivity index is 4.09. The quantitative estimate of drug-likeness (QED) is 0.0261. The van der Waals surface area contributed by atoms with Crippen LogP contribution in [-0.2, 0) is 28.6 Å². The van der Waals surface area contributed by atoms with Crippen molar-refractivity contribution < 1.29 is 28.6 Å². The number of ether oxygens (including phenoxy) is 3. The molecule has 0 amide bonds. The van der Waals surface area contributed by atoms with Gasteiger partial charge < -0.3 is 14.2 Å². The van der Waals surface area contributed by atoms with E-state index in [1.807, 2.05) is 0 Å². The molecule has 0 aliphatic rings. The van der Waals surface area contributed by atoms with Crippen LogP contribution >= 0.6 is 0 Å². The van der Waals surface area contributed by atoms with Crippen molar-refractivity contribution in [1.29, 1.82) is 0 Å². The van der Waals surface area contributed by atoms with Crippen LogP contribution < -0.4 is 0 Å². The summed E-state index contributed by atoms with van der Waals surface area (Å²) < 4.78 is 16.7. The number of allylic oxidation sites excluding steroid dienone is 20. The van der Waals surface area contributed by atoms with Crippen LogP contribution in [0.25, 0.3) is 0 Å². The molecule has 0 N–H and O–H groups in total. The Morgan fingerprint density at radius 3 is 0.840 bits per heavy atom. The third kappa shape index (κ3) is 60.6. The van der Waals surface area contributed by atoms with Gasteiger partial charge in [0.1, 0.15) is 13.2 Å². The molecule has 0 spiro atoms. The Hall–Kier alpha value is -4.19. The molecule has 0 aliphatic carbocycles. The second kappa shape index (κ2) is 62.4. The fourth-order valence-electron chi connectivity index (χ4n) is 8.31. The van der Waals surface area contributed by atoms with Gasteiger partial charge in [0.05, 0.1) is 0 Å². The summed E-state index contributed by atoms with van der Waals surface area (Å²) in [5, 5.41) is 0. The topological polar surface area (TPSA) is 78.9 Å². The second-order valence-corrected chi connectivity index (χ2v) is 20.2. The molecule has 0 radical (unpaired) electrons. The summed E-state index contributed by atoms with van der Waals surface area (Å²) in [4.78, 5) is 37.9. The normalized spacial score (nSPS) is 12.9. The average molecular weight is 1040 g/mol. The van der Waals surface area contributed by atoms with E-state index in [2.05, 4.69) is 142 Å². The molecule has 0 aromatic rings. The summed E-state index contributed by atoms with van der Waals surface area (Å²) in [5.74, 6) is -0.909. The first kappa shape index (κ1) is 70.8. The Morgan fingerprint density at radius 1 is 0.280 bits per heavy atom. The van der Waals surface area contributed by atoms with Gasteiger partial charge >= 0.3 is 17.9 Å². The molecule has 6 nitrogen and oxygen atoms in total. The standard InChI is InChI=1S/C69H114O6/c1-4-7-10-13-15-17-19-21-23-25-27-28-29-30-31-32-33-34-35-36-37-38-39-40-42-43-45-47-49-51-53-56-59-62-68(71)74-65-66(64-73-67(70)61-58-55-12-9-6-3)75-69(72)63-60-57-54-52-50-48-46-44-41-26-24-22-20-18-16-14-11-8-5-2/h7,10,15-18,21-24,27-28,30-31,33-34,36-37,39-40,66H,4-6,8-9,11-14,19-20,25-26,29,32,35,38,41-65H2,1-3H3/b10-7-,17-15-,18-16-,23-21-,24-22-,28-27-,31-30-,34-33-,37-36-,40-39-. The van der Waals surface area contributed by atoms with Crippen molar-refractivity contribution in [3.05, 3.63) is 122 Å². The molecule has 0 saturated carbocycles. The van der Waals surface area contributed by atoms with E-state index in [0.717, 1.165) is 128 Å². The van der Waals surface area contributed by atoms with Crippen molar-refractivity contribution in [2.75, 3.05) is 13.2 Å².